The van der Waals surface area contributed by atoms with Crippen LogP contribution in [0.15, 0.2) is 54.6 Å². The maximum absolute atomic E-state index is 14.0. The van der Waals surface area contributed by atoms with Crippen LogP contribution in [0.4, 0.5) is 5.69 Å². The lowest BCUT2D eigenvalue weighted by Crippen LogP contribution is -2.80. The van der Waals surface area contributed by atoms with Crippen LogP contribution in [-0.2, 0) is 21.4 Å². The number of piperidine rings is 1. The number of rotatable bonds is 5. The number of likely N-dealkylation sites (tertiary alicyclic amines) is 1. The largest absolute Gasteiger partial charge is 0.504 e. The van der Waals surface area contributed by atoms with Gasteiger partial charge in [-0.15, -0.1) is 0 Å². The first-order valence-corrected chi connectivity index (χ1v) is 13.4. The molecule has 2 heterocycles. The fraction of sp³-hybridized carbons (Fsp3) is 0.500. The van der Waals surface area contributed by atoms with Crippen molar-refractivity contribution in [2.24, 2.45) is 17.3 Å². The molecule has 6 nitrogen and oxygen atoms in total. The molecule has 9 rings (SSSR count). The summed E-state index contributed by atoms with van der Waals surface area (Å²) in [6.07, 6.45) is 9.44. The summed E-state index contributed by atoms with van der Waals surface area (Å²) in [6.45, 7) is 2.16. The number of nitrogens with zero attached hydrogens (tertiary/aromatic N) is 1. The number of carbonyl (C=O) groups is 1. The molecule has 6 atom stereocenters. The van der Waals surface area contributed by atoms with Crippen LogP contribution >= 0.6 is 0 Å². The molecular formula is C30H32N2O4. The number of phenols is 1. The summed E-state index contributed by atoms with van der Waals surface area (Å²) in [6, 6.07) is 13.9. The number of anilines is 1. The molecule has 186 valence electrons. The summed E-state index contributed by atoms with van der Waals surface area (Å²) in [7, 11) is 1.71. The molecule has 0 radical (unpaired) electrons. The minimum Gasteiger partial charge on any atom is -0.504 e. The van der Waals surface area contributed by atoms with Gasteiger partial charge in [0.15, 0.2) is 11.5 Å². The molecule has 5 aliphatic carbocycles. The van der Waals surface area contributed by atoms with Gasteiger partial charge in [-0.3, -0.25) is 9.69 Å². The number of hydrogen-bond acceptors (Lipinski definition) is 5. The highest BCUT2D eigenvalue weighted by atomic mass is 16.6. The van der Waals surface area contributed by atoms with Crippen molar-refractivity contribution in [1.82, 2.24) is 4.90 Å². The van der Waals surface area contributed by atoms with E-state index in [9.17, 15) is 9.90 Å². The molecule has 7 aliphatic rings. The number of para-hydroxylation sites is 1. The second-order valence-corrected chi connectivity index (χ2v) is 11.9. The number of nitrogens with one attached hydrogen (secondary N) is 1. The van der Waals surface area contributed by atoms with Gasteiger partial charge >= 0.3 is 0 Å². The Morgan fingerprint density at radius 2 is 2.03 bits per heavy atom. The van der Waals surface area contributed by atoms with Gasteiger partial charge in [-0.2, -0.15) is 0 Å². The monoisotopic (exact) mass is 484 g/mol. The van der Waals surface area contributed by atoms with E-state index in [1.54, 1.807) is 13.2 Å². The van der Waals surface area contributed by atoms with Gasteiger partial charge in [-0.1, -0.05) is 36.4 Å². The van der Waals surface area contributed by atoms with Crippen molar-refractivity contribution >= 4 is 11.6 Å². The van der Waals surface area contributed by atoms with Crippen LogP contribution in [0.25, 0.3) is 0 Å². The van der Waals surface area contributed by atoms with E-state index in [0.29, 0.717) is 11.8 Å². The van der Waals surface area contributed by atoms with E-state index < -0.39 is 11.5 Å². The van der Waals surface area contributed by atoms with Gasteiger partial charge in [0.1, 0.15) is 11.7 Å². The fourth-order valence-electron chi connectivity index (χ4n) is 8.83. The number of carbonyl (C=O) groups excluding carboxylic acids is 1. The summed E-state index contributed by atoms with van der Waals surface area (Å²) in [4.78, 5) is 16.7. The molecule has 2 saturated carbocycles. The Balaban J connectivity index is 1.31. The average Bonchev–Trinajstić information content (AvgIpc) is 3.64. The second kappa shape index (κ2) is 6.93. The van der Waals surface area contributed by atoms with E-state index in [2.05, 4.69) is 28.4 Å². The quantitative estimate of drug-likeness (QED) is 0.627. The lowest BCUT2D eigenvalue weighted by atomic mass is 9.37. The van der Waals surface area contributed by atoms with Gasteiger partial charge in [-0.25, -0.2) is 0 Å². The molecule has 2 N–H and O–H groups in total. The fourth-order valence-corrected chi connectivity index (χ4v) is 8.83. The normalized spacial score (nSPS) is 39.0. The molecule has 36 heavy (non-hydrogen) atoms. The molecular weight excluding hydrogens is 452 g/mol. The zero-order valence-corrected chi connectivity index (χ0v) is 20.6. The first kappa shape index (κ1) is 21.3. The second-order valence-electron chi connectivity index (χ2n) is 11.9. The van der Waals surface area contributed by atoms with Crippen molar-refractivity contribution in [2.45, 2.75) is 55.3 Å². The van der Waals surface area contributed by atoms with Gasteiger partial charge in [0, 0.05) is 36.4 Å². The van der Waals surface area contributed by atoms with Crippen molar-refractivity contribution in [3.05, 3.63) is 65.7 Å². The Morgan fingerprint density at radius 3 is 2.81 bits per heavy atom. The van der Waals surface area contributed by atoms with E-state index in [1.165, 1.54) is 24.0 Å². The van der Waals surface area contributed by atoms with E-state index in [-0.39, 0.29) is 28.6 Å². The van der Waals surface area contributed by atoms with Gasteiger partial charge < -0.3 is 19.9 Å². The van der Waals surface area contributed by atoms with Crippen molar-refractivity contribution in [3.63, 3.8) is 0 Å². The van der Waals surface area contributed by atoms with Crippen LogP contribution in [-0.4, -0.2) is 53.9 Å². The third-order valence-electron chi connectivity index (χ3n) is 10.5. The van der Waals surface area contributed by atoms with Gasteiger partial charge in [0.05, 0.1) is 11.3 Å². The van der Waals surface area contributed by atoms with Crippen LogP contribution in [0.5, 0.6) is 11.5 Å². The van der Waals surface area contributed by atoms with Crippen LogP contribution in [0.2, 0.25) is 0 Å². The third-order valence-corrected chi connectivity index (χ3v) is 10.5. The van der Waals surface area contributed by atoms with E-state index >= 15 is 0 Å². The number of aromatic hydroxyl groups is 1. The lowest BCUT2D eigenvalue weighted by Gasteiger charge is -2.71. The molecule has 2 aliphatic heterocycles. The number of amides is 1. The zero-order valence-electron chi connectivity index (χ0n) is 20.6. The number of ether oxygens (including phenoxy) is 2. The average molecular weight is 485 g/mol. The molecule has 3 fully saturated rings. The number of hydrogen-bond donors (Lipinski definition) is 2. The van der Waals surface area contributed by atoms with E-state index in [1.807, 2.05) is 30.3 Å². The summed E-state index contributed by atoms with van der Waals surface area (Å²) >= 11 is 0. The molecule has 0 aromatic heterocycles. The van der Waals surface area contributed by atoms with Crippen LogP contribution in [0.1, 0.15) is 36.8 Å². The van der Waals surface area contributed by atoms with Gasteiger partial charge in [0.2, 0.25) is 5.91 Å². The SMILES string of the molecule is CO[C@]12C=C[C@@]3(C[C@@H]1C(=O)Nc1ccccc1)[C@H]1Cc4ccc(O)c5c4[C@@]3(CCN1CC1CC1)C2O5. The standard InChI is InChI=1S/C30H32N2O4/c1-35-30-12-11-28(16-21(30)26(34)31-20-5-3-2-4-6-20)23-15-19-9-10-22(33)25-24(19)29(28,27(30)36-25)13-14-32(23)17-18-7-8-18/h2-6,9-12,18,21,23,27,33H,7-8,13-17H2,1H3,(H,31,34)/t21-,23-,27?,28-,29+,30-/m1/s1. The van der Waals surface area contributed by atoms with Crippen LogP contribution in [0.3, 0.4) is 0 Å². The Kier molecular flexibility index (Phi) is 4.09. The van der Waals surface area contributed by atoms with Crippen LogP contribution < -0.4 is 10.1 Å². The highest BCUT2D eigenvalue weighted by molar-refractivity contribution is 5.94. The Morgan fingerprint density at radius 1 is 1.19 bits per heavy atom. The van der Waals surface area contributed by atoms with Crippen LogP contribution in [0, 0.1) is 17.3 Å². The number of fused-ring (bicyclic) bond motifs is 1. The highest BCUT2D eigenvalue weighted by Gasteiger charge is 2.80. The van der Waals surface area contributed by atoms with Crippen molar-refractivity contribution in [1.29, 1.82) is 0 Å². The molecule has 2 aromatic carbocycles. The highest BCUT2D eigenvalue weighted by Crippen LogP contribution is 2.74. The Labute approximate surface area is 211 Å². The summed E-state index contributed by atoms with van der Waals surface area (Å²) < 4.78 is 13.1. The minimum atomic E-state index is -0.899. The predicted octanol–water partition coefficient (Wildman–Crippen LogP) is 4.03. The summed E-state index contributed by atoms with van der Waals surface area (Å²) in [5, 5.41) is 14.1. The zero-order chi connectivity index (χ0) is 24.3. The summed E-state index contributed by atoms with van der Waals surface area (Å²) in [5.74, 6) is 1.19. The molecule has 2 spiro atoms. The summed E-state index contributed by atoms with van der Waals surface area (Å²) in [5.41, 5.74) is 1.83. The molecule has 1 saturated heterocycles. The Bertz CT molecular complexity index is 1310. The minimum absolute atomic E-state index is 0.0250. The van der Waals surface area contributed by atoms with E-state index in [0.717, 1.165) is 44.0 Å². The lowest BCUT2D eigenvalue weighted by molar-refractivity contribution is -0.214. The molecule has 4 bridgehead atoms. The molecule has 6 heteroatoms. The third kappa shape index (κ3) is 2.38. The molecule has 1 unspecified atom stereocenters. The number of methoxy groups -OCH3 is 1. The number of benzene rings is 2. The first-order chi connectivity index (χ1) is 17.5. The molecule has 1 amide bonds. The van der Waals surface area contributed by atoms with Crippen molar-refractivity contribution in [2.75, 3.05) is 25.5 Å². The first-order valence-electron chi connectivity index (χ1n) is 13.4. The maximum Gasteiger partial charge on any atom is 0.230 e. The van der Waals surface area contributed by atoms with Crippen molar-refractivity contribution < 1.29 is 19.4 Å². The number of phenolic OH excluding ortho intramolecular Hbond substituents is 1. The van der Waals surface area contributed by atoms with Gasteiger partial charge in [-0.05, 0) is 68.3 Å². The van der Waals surface area contributed by atoms with Crippen molar-refractivity contribution in [3.8, 4) is 11.5 Å². The predicted molar refractivity (Wildman–Crippen MR) is 135 cm³/mol. The molecule has 2 aromatic rings. The smallest absolute Gasteiger partial charge is 0.230 e. The topological polar surface area (TPSA) is 71.0 Å². The maximum atomic E-state index is 14.0. The van der Waals surface area contributed by atoms with Gasteiger partial charge in [0.25, 0.3) is 0 Å². The Hall–Kier alpha value is -2.83. The van der Waals surface area contributed by atoms with E-state index in [4.69, 9.17) is 9.47 Å².